The second kappa shape index (κ2) is 7.96. The highest BCUT2D eigenvalue weighted by Crippen LogP contribution is 2.21. The van der Waals surface area contributed by atoms with Crippen LogP contribution in [0.2, 0.25) is 0 Å². The van der Waals surface area contributed by atoms with Crippen LogP contribution in [0.15, 0.2) is 22.7 Å². The van der Waals surface area contributed by atoms with Crippen molar-refractivity contribution in [2.24, 2.45) is 0 Å². The molecule has 3 rings (SSSR count). The number of oxazole rings is 1. The van der Waals surface area contributed by atoms with E-state index in [0.29, 0.717) is 18.6 Å². The fourth-order valence-corrected chi connectivity index (χ4v) is 3.01. The number of nitrogens with zero attached hydrogens (tertiary/aromatic N) is 4. The van der Waals surface area contributed by atoms with Crippen LogP contribution < -0.4 is 15.5 Å². The maximum absolute atomic E-state index is 11.7. The molecule has 0 aromatic carbocycles. The number of piperazine rings is 1. The molecule has 3 heterocycles. The van der Waals surface area contributed by atoms with Gasteiger partial charge in [0.2, 0.25) is 6.41 Å². The minimum Gasteiger partial charge on any atom is -0.427 e. The first-order chi connectivity index (χ1) is 12.6. The summed E-state index contributed by atoms with van der Waals surface area (Å²) in [5.74, 6) is 0.538. The SMILES string of the molecule is CNC(=O)c1ccc(N2CCN(Cc3cnc(NC=O)o3)CC2)c(C)n1. The molecule has 0 saturated carbocycles. The van der Waals surface area contributed by atoms with Crippen LogP contribution in [0.5, 0.6) is 0 Å². The number of rotatable bonds is 6. The zero-order valence-corrected chi connectivity index (χ0v) is 14.9. The van der Waals surface area contributed by atoms with E-state index in [1.165, 1.54) is 0 Å². The van der Waals surface area contributed by atoms with Crippen LogP contribution in [-0.2, 0) is 11.3 Å². The quantitative estimate of drug-likeness (QED) is 0.730. The minimum atomic E-state index is -0.181. The van der Waals surface area contributed by atoms with E-state index in [1.807, 2.05) is 13.0 Å². The van der Waals surface area contributed by atoms with Gasteiger partial charge in [-0.2, -0.15) is 0 Å². The van der Waals surface area contributed by atoms with Crippen LogP contribution in [-0.4, -0.2) is 60.4 Å². The van der Waals surface area contributed by atoms with Crippen LogP contribution in [0.4, 0.5) is 11.7 Å². The predicted molar refractivity (Wildman–Crippen MR) is 96.0 cm³/mol. The van der Waals surface area contributed by atoms with Gasteiger partial charge in [0.15, 0.2) is 0 Å². The first kappa shape index (κ1) is 17.9. The Hall–Kier alpha value is -2.94. The Bertz CT molecular complexity index is 783. The summed E-state index contributed by atoms with van der Waals surface area (Å²) in [6.45, 7) is 6.02. The van der Waals surface area contributed by atoms with Gasteiger partial charge < -0.3 is 14.6 Å². The van der Waals surface area contributed by atoms with Gasteiger partial charge in [0.05, 0.1) is 24.1 Å². The first-order valence-corrected chi connectivity index (χ1v) is 8.42. The lowest BCUT2D eigenvalue weighted by Gasteiger charge is -2.36. The van der Waals surface area contributed by atoms with Gasteiger partial charge in [-0.3, -0.25) is 19.8 Å². The highest BCUT2D eigenvalue weighted by atomic mass is 16.4. The van der Waals surface area contributed by atoms with Crippen molar-refractivity contribution < 1.29 is 14.0 Å². The van der Waals surface area contributed by atoms with Crippen molar-refractivity contribution in [2.75, 3.05) is 43.4 Å². The van der Waals surface area contributed by atoms with E-state index in [4.69, 9.17) is 4.42 Å². The number of hydrogen-bond acceptors (Lipinski definition) is 7. The van der Waals surface area contributed by atoms with E-state index in [-0.39, 0.29) is 11.9 Å². The van der Waals surface area contributed by atoms with Crippen molar-refractivity contribution >= 4 is 24.0 Å². The average molecular weight is 358 g/mol. The lowest BCUT2D eigenvalue weighted by molar-refractivity contribution is -0.105. The molecule has 138 valence electrons. The Labute approximate surface area is 151 Å². The summed E-state index contributed by atoms with van der Waals surface area (Å²) < 4.78 is 5.45. The van der Waals surface area contributed by atoms with Gasteiger partial charge in [-0.15, -0.1) is 0 Å². The number of nitrogens with one attached hydrogen (secondary N) is 2. The van der Waals surface area contributed by atoms with Gasteiger partial charge in [0.25, 0.3) is 5.91 Å². The highest BCUT2D eigenvalue weighted by molar-refractivity contribution is 5.92. The molecule has 9 nitrogen and oxygen atoms in total. The van der Waals surface area contributed by atoms with Crippen LogP contribution in [0.25, 0.3) is 0 Å². The monoisotopic (exact) mass is 358 g/mol. The van der Waals surface area contributed by atoms with E-state index in [2.05, 4.69) is 30.4 Å². The summed E-state index contributed by atoms with van der Waals surface area (Å²) in [6.07, 6.45) is 2.17. The van der Waals surface area contributed by atoms with Crippen molar-refractivity contribution in [3.05, 3.63) is 35.5 Å². The molecule has 0 bridgehead atoms. The summed E-state index contributed by atoms with van der Waals surface area (Å²) in [7, 11) is 1.60. The third-order valence-electron chi connectivity index (χ3n) is 4.35. The maximum atomic E-state index is 11.7. The largest absolute Gasteiger partial charge is 0.427 e. The zero-order chi connectivity index (χ0) is 18.5. The number of aromatic nitrogens is 2. The third-order valence-corrected chi connectivity index (χ3v) is 4.35. The molecule has 1 fully saturated rings. The number of hydrogen-bond donors (Lipinski definition) is 2. The molecule has 2 aromatic rings. The molecule has 2 N–H and O–H groups in total. The molecule has 26 heavy (non-hydrogen) atoms. The van der Waals surface area contributed by atoms with Crippen molar-refractivity contribution in [1.82, 2.24) is 20.2 Å². The highest BCUT2D eigenvalue weighted by Gasteiger charge is 2.20. The van der Waals surface area contributed by atoms with E-state index in [0.717, 1.165) is 43.3 Å². The van der Waals surface area contributed by atoms with Crippen LogP contribution in [0.1, 0.15) is 21.9 Å². The molecule has 0 spiro atoms. The van der Waals surface area contributed by atoms with Gasteiger partial charge in [-0.05, 0) is 19.1 Å². The van der Waals surface area contributed by atoms with Gasteiger partial charge in [0, 0.05) is 33.2 Å². The van der Waals surface area contributed by atoms with E-state index in [1.54, 1.807) is 19.3 Å². The number of pyridine rings is 1. The molecule has 0 atom stereocenters. The topological polar surface area (TPSA) is 104 Å². The summed E-state index contributed by atoms with van der Waals surface area (Å²) in [5, 5.41) is 4.98. The third kappa shape index (κ3) is 3.99. The number of carbonyl (C=O) groups excluding carboxylic acids is 2. The fraction of sp³-hybridized carbons (Fsp3) is 0.412. The fourth-order valence-electron chi connectivity index (χ4n) is 3.01. The lowest BCUT2D eigenvalue weighted by Crippen LogP contribution is -2.46. The van der Waals surface area contributed by atoms with Crippen LogP contribution in [0.3, 0.4) is 0 Å². The summed E-state index contributed by atoms with van der Waals surface area (Å²) in [6, 6.07) is 3.92. The molecule has 0 unspecified atom stereocenters. The first-order valence-electron chi connectivity index (χ1n) is 8.42. The summed E-state index contributed by atoms with van der Waals surface area (Å²) >= 11 is 0. The second-order valence-electron chi connectivity index (χ2n) is 6.04. The normalized spacial score (nSPS) is 14.9. The van der Waals surface area contributed by atoms with Crippen molar-refractivity contribution in [3.63, 3.8) is 0 Å². The number of aryl methyl sites for hydroxylation is 1. The van der Waals surface area contributed by atoms with E-state index >= 15 is 0 Å². The van der Waals surface area contributed by atoms with Gasteiger partial charge in [-0.1, -0.05) is 0 Å². The Kier molecular flexibility index (Phi) is 5.47. The van der Waals surface area contributed by atoms with Gasteiger partial charge in [0.1, 0.15) is 11.5 Å². The Balaban J connectivity index is 1.57. The molecular formula is C17H22N6O3. The van der Waals surface area contributed by atoms with Crippen molar-refractivity contribution in [1.29, 1.82) is 0 Å². The lowest BCUT2D eigenvalue weighted by atomic mass is 10.2. The van der Waals surface area contributed by atoms with Crippen LogP contribution in [0, 0.1) is 6.92 Å². The number of carbonyl (C=O) groups is 2. The second-order valence-corrected chi connectivity index (χ2v) is 6.04. The molecule has 1 aliphatic rings. The molecular weight excluding hydrogens is 336 g/mol. The predicted octanol–water partition coefficient (Wildman–Crippen LogP) is 0.628. The Morgan fingerprint density at radius 1 is 1.31 bits per heavy atom. The minimum absolute atomic E-state index is 0.181. The van der Waals surface area contributed by atoms with Gasteiger partial charge >= 0.3 is 6.01 Å². The Morgan fingerprint density at radius 2 is 2.08 bits per heavy atom. The average Bonchev–Trinajstić information content (AvgIpc) is 3.09. The van der Waals surface area contributed by atoms with Crippen molar-refractivity contribution in [2.45, 2.75) is 13.5 Å². The zero-order valence-electron chi connectivity index (χ0n) is 14.9. The maximum Gasteiger partial charge on any atom is 0.301 e. The smallest absolute Gasteiger partial charge is 0.301 e. The van der Waals surface area contributed by atoms with E-state index < -0.39 is 0 Å². The molecule has 1 aliphatic heterocycles. The summed E-state index contributed by atoms with van der Waals surface area (Å²) in [4.78, 5) is 35.0. The standard InChI is InChI=1S/C17H22N6O3/c1-12-15(4-3-14(21-12)16(25)18-2)23-7-5-22(6-8-23)10-13-9-19-17(26-13)20-11-24/h3-4,9,11H,5-8,10H2,1-2H3,(H,18,25)(H,19,20,24). The van der Waals surface area contributed by atoms with Crippen LogP contribution >= 0.6 is 0 Å². The molecule has 9 heteroatoms. The number of amides is 2. The molecule has 1 saturated heterocycles. The van der Waals surface area contributed by atoms with Crippen molar-refractivity contribution in [3.8, 4) is 0 Å². The van der Waals surface area contributed by atoms with Gasteiger partial charge in [-0.25, -0.2) is 9.97 Å². The van der Waals surface area contributed by atoms with E-state index in [9.17, 15) is 9.59 Å². The molecule has 0 aliphatic carbocycles. The Morgan fingerprint density at radius 3 is 2.73 bits per heavy atom. The molecule has 2 aromatic heterocycles. The molecule has 0 radical (unpaired) electrons. The summed E-state index contributed by atoms with van der Waals surface area (Å²) in [5.41, 5.74) is 2.33. The number of anilines is 2. The molecule has 2 amide bonds.